The SMILES string of the molecule is CC(NC(=O)c1cc(Cl)c[nH]1)c1ncc[nH]1. The molecule has 1 atom stereocenters. The molecule has 2 aromatic rings. The summed E-state index contributed by atoms with van der Waals surface area (Å²) in [5.74, 6) is 0.502. The summed E-state index contributed by atoms with van der Waals surface area (Å²) in [7, 11) is 0. The smallest absolute Gasteiger partial charge is 0.268 e. The predicted molar refractivity (Wildman–Crippen MR) is 60.3 cm³/mol. The molecule has 2 aromatic heterocycles. The highest BCUT2D eigenvalue weighted by Gasteiger charge is 2.13. The molecule has 2 heterocycles. The lowest BCUT2D eigenvalue weighted by molar-refractivity contribution is 0.0934. The summed E-state index contributed by atoms with van der Waals surface area (Å²) in [5.41, 5.74) is 0.434. The quantitative estimate of drug-likeness (QED) is 0.764. The third kappa shape index (κ3) is 2.25. The fourth-order valence-corrected chi connectivity index (χ4v) is 1.52. The van der Waals surface area contributed by atoms with E-state index in [0.29, 0.717) is 16.5 Å². The van der Waals surface area contributed by atoms with Crippen LogP contribution in [0, 0.1) is 0 Å². The molecule has 3 N–H and O–H groups in total. The van der Waals surface area contributed by atoms with Crippen LogP contribution in [0.15, 0.2) is 24.7 Å². The van der Waals surface area contributed by atoms with Gasteiger partial charge in [0, 0.05) is 18.6 Å². The topological polar surface area (TPSA) is 73.6 Å². The average Bonchev–Trinajstić information content (AvgIpc) is 2.87. The van der Waals surface area contributed by atoms with Crippen molar-refractivity contribution in [1.82, 2.24) is 20.3 Å². The van der Waals surface area contributed by atoms with Gasteiger partial charge >= 0.3 is 0 Å². The lowest BCUT2D eigenvalue weighted by Crippen LogP contribution is -2.27. The number of nitrogens with zero attached hydrogens (tertiary/aromatic N) is 1. The number of hydrogen-bond donors (Lipinski definition) is 3. The van der Waals surface area contributed by atoms with Crippen LogP contribution in [0.2, 0.25) is 5.02 Å². The van der Waals surface area contributed by atoms with Crippen molar-refractivity contribution in [3.05, 3.63) is 41.2 Å². The van der Waals surface area contributed by atoms with Gasteiger partial charge in [0.05, 0.1) is 11.1 Å². The molecule has 0 aliphatic rings. The monoisotopic (exact) mass is 238 g/mol. The summed E-state index contributed by atoms with van der Waals surface area (Å²) in [5, 5.41) is 3.30. The van der Waals surface area contributed by atoms with Crippen molar-refractivity contribution in [2.75, 3.05) is 0 Å². The maximum Gasteiger partial charge on any atom is 0.268 e. The Morgan fingerprint density at radius 3 is 2.94 bits per heavy atom. The van der Waals surface area contributed by atoms with Gasteiger partial charge in [0.25, 0.3) is 5.91 Å². The fourth-order valence-electron chi connectivity index (χ4n) is 1.36. The third-order valence-electron chi connectivity index (χ3n) is 2.17. The van der Waals surface area contributed by atoms with E-state index in [0.717, 1.165) is 0 Å². The molecule has 0 aromatic carbocycles. The zero-order chi connectivity index (χ0) is 11.5. The van der Waals surface area contributed by atoms with Crippen molar-refractivity contribution in [2.45, 2.75) is 13.0 Å². The van der Waals surface area contributed by atoms with E-state index >= 15 is 0 Å². The van der Waals surface area contributed by atoms with Crippen LogP contribution in [-0.4, -0.2) is 20.9 Å². The van der Waals surface area contributed by atoms with Crippen LogP contribution in [0.4, 0.5) is 0 Å². The first-order valence-electron chi connectivity index (χ1n) is 4.81. The van der Waals surface area contributed by atoms with Gasteiger partial charge in [-0.2, -0.15) is 0 Å². The molecular formula is C10H11ClN4O. The van der Waals surface area contributed by atoms with E-state index in [9.17, 15) is 4.79 Å². The number of halogens is 1. The third-order valence-corrected chi connectivity index (χ3v) is 2.39. The van der Waals surface area contributed by atoms with Gasteiger partial charge in [0.2, 0.25) is 0 Å². The van der Waals surface area contributed by atoms with Crippen LogP contribution in [0.25, 0.3) is 0 Å². The summed E-state index contributed by atoms with van der Waals surface area (Å²) in [4.78, 5) is 21.5. The van der Waals surface area contributed by atoms with E-state index in [1.165, 1.54) is 0 Å². The highest BCUT2D eigenvalue weighted by atomic mass is 35.5. The minimum Gasteiger partial charge on any atom is -0.356 e. The Hall–Kier alpha value is -1.75. The van der Waals surface area contributed by atoms with Gasteiger partial charge in [0.1, 0.15) is 11.5 Å². The van der Waals surface area contributed by atoms with E-state index in [1.54, 1.807) is 24.7 Å². The summed E-state index contributed by atoms with van der Waals surface area (Å²) >= 11 is 5.71. The molecule has 0 aliphatic carbocycles. The second-order valence-corrected chi connectivity index (χ2v) is 3.84. The molecule has 16 heavy (non-hydrogen) atoms. The Morgan fingerprint density at radius 1 is 1.56 bits per heavy atom. The molecule has 5 nitrogen and oxygen atoms in total. The maximum atomic E-state index is 11.7. The molecule has 1 amide bonds. The van der Waals surface area contributed by atoms with E-state index in [2.05, 4.69) is 20.3 Å². The van der Waals surface area contributed by atoms with Gasteiger partial charge in [-0.25, -0.2) is 4.98 Å². The first-order chi connectivity index (χ1) is 7.66. The molecule has 0 aliphatic heterocycles. The second-order valence-electron chi connectivity index (χ2n) is 3.40. The Balaban J connectivity index is 2.03. The number of aromatic amines is 2. The van der Waals surface area contributed by atoms with Crippen molar-refractivity contribution in [3.8, 4) is 0 Å². The van der Waals surface area contributed by atoms with Crippen LogP contribution in [0.1, 0.15) is 29.3 Å². The number of aromatic nitrogens is 3. The molecule has 0 bridgehead atoms. The van der Waals surface area contributed by atoms with E-state index in [1.807, 2.05) is 6.92 Å². The molecule has 6 heteroatoms. The Bertz CT molecular complexity index is 477. The molecule has 0 fully saturated rings. The van der Waals surface area contributed by atoms with Gasteiger partial charge in [-0.05, 0) is 13.0 Å². The van der Waals surface area contributed by atoms with E-state index in [-0.39, 0.29) is 11.9 Å². The predicted octanol–water partition coefficient (Wildman–Crippen LogP) is 1.88. The van der Waals surface area contributed by atoms with Crippen LogP contribution in [0.5, 0.6) is 0 Å². The van der Waals surface area contributed by atoms with Crippen LogP contribution < -0.4 is 5.32 Å². The Morgan fingerprint density at radius 2 is 2.38 bits per heavy atom. The second kappa shape index (κ2) is 4.40. The van der Waals surface area contributed by atoms with Crippen LogP contribution in [0.3, 0.4) is 0 Å². The largest absolute Gasteiger partial charge is 0.356 e. The molecule has 0 spiro atoms. The average molecular weight is 239 g/mol. The van der Waals surface area contributed by atoms with Crippen molar-refractivity contribution in [1.29, 1.82) is 0 Å². The lowest BCUT2D eigenvalue weighted by Gasteiger charge is -2.10. The molecule has 2 rings (SSSR count). The number of hydrogen-bond acceptors (Lipinski definition) is 2. The number of rotatable bonds is 3. The number of carbonyl (C=O) groups excluding carboxylic acids is 1. The number of H-pyrrole nitrogens is 2. The number of amides is 1. The molecular weight excluding hydrogens is 228 g/mol. The van der Waals surface area contributed by atoms with Crippen LogP contribution >= 0.6 is 11.6 Å². The minimum absolute atomic E-state index is 0.176. The summed E-state index contributed by atoms with van der Waals surface area (Å²) in [6.45, 7) is 1.85. The van der Waals surface area contributed by atoms with Crippen molar-refractivity contribution < 1.29 is 4.79 Å². The Kier molecular flexibility index (Phi) is 2.96. The standard InChI is InChI=1S/C10H11ClN4O/c1-6(9-12-2-3-13-9)15-10(16)8-4-7(11)5-14-8/h2-6,14H,1H3,(H,12,13)(H,15,16). The summed E-state index contributed by atoms with van der Waals surface area (Å²) in [6, 6.07) is 1.40. The van der Waals surface area contributed by atoms with Gasteiger partial charge in [-0.15, -0.1) is 0 Å². The lowest BCUT2D eigenvalue weighted by atomic mass is 10.3. The van der Waals surface area contributed by atoms with Crippen molar-refractivity contribution >= 4 is 17.5 Å². The summed E-state index contributed by atoms with van der Waals surface area (Å²) < 4.78 is 0. The Labute approximate surface area is 97.2 Å². The highest BCUT2D eigenvalue weighted by Crippen LogP contribution is 2.11. The van der Waals surface area contributed by atoms with E-state index in [4.69, 9.17) is 11.6 Å². The zero-order valence-corrected chi connectivity index (χ0v) is 9.38. The molecule has 0 saturated heterocycles. The first kappa shape index (κ1) is 10.8. The minimum atomic E-state index is -0.212. The normalized spacial score (nSPS) is 12.4. The number of carbonyl (C=O) groups is 1. The van der Waals surface area contributed by atoms with Crippen molar-refractivity contribution in [3.63, 3.8) is 0 Å². The molecule has 1 unspecified atom stereocenters. The highest BCUT2D eigenvalue weighted by molar-refractivity contribution is 6.30. The molecule has 0 saturated carbocycles. The van der Waals surface area contributed by atoms with Gasteiger partial charge in [0.15, 0.2) is 0 Å². The van der Waals surface area contributed by atoms with Crippen LogP contribution in [-0.2, 0) is 0 Å². The van der Waals surface area contributed by atoms with Gasteiger partial charge < -0.3 is 15.3 Å². The number of imidazole rings is 1. The zero-order valence-electron chi connectivity index (χ0n) is 8.62. The molecule has 0 radical (unpaired) electrons. The maximum absolute atomic E-state index is 11.7. The van der Waals surface area contributed by atoms with Crippen molar-refractivity contribution in [2.24, 2.45) is 0 Å². The van der Waals surface area contributed by atoms with Gasteiger partial charge in [-0.1, -0.05) is 11.6 Å². The number of nitrogens with one attached hydrogen (secondary N) is 3. The first-order valence-corrected chi connectivity index (χ1v) is 5.18. The summed E-state index contributed by atoms with van der Waals surface area (Å²) in [6.07, 6.45) is 4.92. The van der Waals surface area contributed by atoms with E-state index < -0.39 is 0 Å². The van der Waals surface area contributed by atoms with Gasteiger partial charge in [-0.3, -0.25) is 4.79 Å². The molecule has 84 valence electrons. The fraction of sp³-hybridized carbons (Fsp3) is 0.200.